The van der Waals surface area contributed by atoms with Gasteiger partial charge in [0.15, 0.2) is 0 Å². The van der Waals surface area contributed by atoms with Crippen molar-refractivity contribution in [2.24, 2.45) is 5.41 Å². The van der Waals surface area contributed by atoms with Crippen molar-refractivity contribution in [3.63, 3.8) is 0 Å². The fraction of sp³-hybridized carbons (Fsp3) is 0.917. The zero-order chi connectivity index (χ0) is 13.0. The summed E-state index contributed by atoms with van der Waals surface area (Å²) in [5, 5.41) is 9.59. The molecule has 0 radical (unpaired) electrons. The third-order valence-corrected chi connectivity index (χ3v) is 6.67. The molecule has 3 aliphatic rings. The van der Waals surface area contributed by atoms with Gasteiger partial charge in [-0.3, -0.25) is 4.79 Å². The first-order chi connectivity index (χ1) is 8.47. The molecule has 2 saturated carbocycles. The van der Waals surface area contributed by atoms with Crippen molar-refractivity contribution < 1.29 is 18.3 Å². The molecule has 1 N–H and O–H groups in total. The fourth-order valence-corrected chi connectivity index (χ4v) is 5.85. The van der Waals surface area contributed by atoms with Crippen molar-refractivity contribution in [3.05, 3.63) is 0 Å². The highest BCUT2D eigenvalue weighted by molar-refractivity contribution is 7.89. The van der Waals surface area contributed by atoms with Crippen LogP contribution in [0.1, 0.15) is 44.9 Å². The Morgan fingerprint density at radius 1 is 1.17 bits per heavy atom. The van der Waals surface area contributed by atoms with Gasteiger partial charge in [0.2, 0.25) is 10.0 Å². The first-order valence-electron chi connectivity index (χ1n) is 6.72. The van der Waals surface area contributed by atoms with Gasteiger partial charge in [-0.2, -0.15) is 4.31 Å². The molecule has 0 aromatic carbocycles. The number of carboxylic acids is 1. The van der Waals surface area contributed by atoms with E-state index in [1.165, 1.54) is 0 Å². The van der Waals surface area contributed by atoms with Crippen molar-refractivity contribution in [1.82, 2.24) is 4.31 Å². The summed E-state index contributed by atoms with van der Waals surface area (Å²) in [6.07, 6.45) is 5.27. The summed E-state index contributed by atoms with van der Waals surface area (Å²) < 4.78 is 26.0. The number of sulfonamides is 1. The van der Waals surface area contributed by atoms with E-state index in [-0.39, 0.29) is 17.8 Å². The molecule has 0 aromatic heterocycles. The molecule has 3 fully saturated rings. The first-order valence-corrected chi connectivity index (χ1v) is 8.33. The molecule has 0 bridgehead atoms. The Kier molecular flexibility index (Phi) is 2.71. The summed E-state index contributed by atoms with van der Waals surface area (Å²) in [6, 6.07) is -0.216. The SMILES string of the molecule is O=C(O)C12CCCCC1N(C1CC1)S(=O)(=O)CC2. The van der Waals surface area contributed by atoms with Crippen LogP contribution in [0.15, 0.2) is 0 Å². The Bertz CT molecular complexity index is 470. The molecular weight excluding hydrogens is 254 g/mol. The van der Waals surface area contributed by atoms with Gasteiger partial charge in [0.05, 0.1) is 11.2 Å². The van der Waals surface area contributed by atoms with Crippen LogP contribution in [0.4, 0.5) is 0 Å². The largest absolute Gasteiger partial charge is 0.481 e. The summed E-state index contributed by atoms with van der Waals surface area (Å²) in [5.41, 5.74) is -0.813. The second-order valence-electron chi connectivity index (χ2n) is 5.85. The Hall–Kier alpha value is -0.620. The van der Waals surface area contributed by atoms with E-state index in [4.69, 9.17) is 0 Å². The molecular formula is C12H19NO4S. The third-order valence-electron chi connectivity index (χ3n) is 4.76. The third kappa shape index (κ3) is 1.69. The van der Waals surface area contributed by atoms with Crippen LogP contribution in [0, 0.1) is 5.41 Å². The Morgan fingerprint density at radius 3 is 2.50 bits per heavy atom. The monoisotopic (exact) mass is 273 g/mol. The average Bonchev–Trinajstić information content (AvgIpc) is 3.12. The quantitative estimate of drug-likeness (QED) is 0.820. The fourth-order valence-electron chi connectivity index (χ4n) is 3.66. The van der Waals surface area contributed by atoms with Crippen LogP contribution in [0.5, 0.6) is 0 Å². The van der Waals surface area contributed by atoms with E-state index in [9.17, 15) is 18.3 Å². The molecule has 1 heterocycles. The molecule has 102 valence electrons. The molecule has 2 atom stereocenters. The summed E-state index contributed by atoms with van der Waals surface area (Å²) >= 11 is 0. The lowest BCUT2D eigenvalue weighted by molar-refractivity contribution is -0.156. The molecule has 1 aliphatic heterocycles. The predicted molar refractivity (Wildman–Crippen MR) is 65.6 cm³/mol. The predicted octanol–water partition coefficient (Wildman–Crippen LogP) is 1.20. The summed E-state index contributed by atoms with van der Waals surface area (Å²) in [7, 11) is -3.23. The maximum atomic E-state index is 12.2. The highest BCUT2D eigenvalue weighted by Gasteiger charge is 2.58. The minimum atomic E-state index is -3.23. The smallest absolute Gasteiger partial charge is 0.311 e. The van der Waals surface area contributed by atoms with Gasteiger partial charge >= 0.3 is 5.97 Å². The van der Waals surface area contributed by atoms with Crippen molar-refractivity contribution in [2.75, 3.05) is 5.75 Å². The van der Waals surface area contributed by atoms with Crippen molar-refractivity contribution in [1.29, 1.82) is 0 Å². The number of nitrogens with zero attached hydrogens (tertiary/aromatic N) is 1. The van der Waals surface area contributed by atoms with Gasteiger partial charge in [-0.1, -0.05) is 12.8 Å². The van der Waals surface area contributed by atoms with Crippen molar-refractivity contribution >= 4 is 16.0 Å². The number of hydrogen-bond acceptors (Lipinski definition) is 3. The second kappa shape index (κ2) is 3.93. The molecule has 5 nitrogen and oxygen atoms in total. The van der Waals surface area contributed by atoms with Gasteiger partial charge in [-0.25, -0.2) is 8.42 Å². The minimum absolute atomic E-state index is 0.00625. The Morgan fingerprint density at radius 2 is 1.89 bits per heavy atom. The minimum Gasteiger partial charge on any atom is -0.481 e. The van der Waals surface area contributed by atoms with E-state index in [1.807, 2.05) is 0 Å². The zero-order valence-electron chi connectivity index (χ0n) is 10.3. The lowest BCUT2D eigenvalue weighted by Gasteiger charge is -2.49. The summed E-state index contributed by atoms with van der Waals surface area (Å²) in [5.74, 6) is -0.792. The Labute approximate surface area is 107 Å². The van der Waals surface area contributed by atoms with Crippen LogP contribution in [0.25, 0.3) is 0 Å². The molecule has 2 unspecified atom stereocenters. The van der Waals surface area contributed by atoms with E-state index in [0.29, 0.717) is 19.3 Å². The van der Waals surface area contributed by atoms with E-state index in [0.717, 1.165) is 25.7 Å². The summed E-state index contributed by atoms with van der Waals surface area (Å²) in [4.78, 5) is 11.7. The number of rotatable bonds is 2. The van der Waals surface area contributed by atoms with Gasteiger partial charge in [0.25, 0.3) is 0 Å². The first kappa shape index (κ1) is 12.4. The number of carbonyl (C=O) groups is 1. The molecule has 6 heteroatoms. The van der Waals surface area contributed by atoms with Crippen molar-refractivity contribution in [3.8, 4) is 0 Å². The highest BCUT2D eigenvalue weighted by Crippen LogP contribution is 2.50. The molecule has 18 heavy (non-hydrogen) atoms. The van der Waals surface area contributed by atoms with Crippen LogP contribution in [0.3, 0.4) is 0 Å². The lowest BCUT2D eigenvalue weighted by Crippen LogP contribution is -2.61. The summed E-state index contributed by atoms with van der Waals surface area (Å²) in [6.45, 7) is 0. The van der Waals surface area contributed by atoms with Gasteiger partial charge in [-0.05, 0) is 32.1 Å². The van der Waals surface area contributed by atoms with Gasteiger partial charge in [0, 0.05) is 12.1 Å². The molecule has 1 saturated heterocycles. The molecule has 0 amide bonds. The molecule has 2 aliphatic carbocycles. The van der Waals surface area contributed by atoms with E-state index >= 15 is 0 Å². The number of fused-ring (bicyclic) bond motifs is 1. The van der Waals surface area contributed by atoms with E-state index in [1.54, 1.807) is 4.31 Å². The number of hydrogen-bond donors (Lipinski definition) is 1. The van der Waals surface area contributed by atoms with Gasteiger partial charge < -0.3 is 5.11 Å². The topological polar surface area (TPSA) is 74.7 Å². The van der Waals surface area contributed by atoms with Crippen LogP contribution < -0.4 is 0 Å². The average molecular weight is 273 g/mol. The van der Waals surface area contributed by atoms with Crippen LogP contribution in [-0.4, -0.2) is 41.6 Å². The van der Waals surface area contributed by atoms with Crippen molar-refractivity contribution in [2.45, 2.75) is 57.0 Å². The molecule has 0 aromatic rings. The van der Waals surface area contributed by atoms with E-state index < -0.39 is 21.4 Å². The standard InChI is InChI=1S/C12H19NO4S/c14-11(15)12-6-2-1-3-10(12)13(9-4-5-9)18(16,17)8-7-12/h9-10H,1-8H2,(H,14,15). The van der Waals surface area contributed by atoms with Crippen LogP contribution in [-0.2, 0) is 14.8 Å². The maximum Gasteiger partial charge on any atom is 0.311 e. The number of aliphatic carboxylic acids is 1. The zero-order valence-corrected chi connectivity index (χ0v) is 11.2. The lowest BCUT2D eigenvalue weighted by atomic mass is 9.68. The van der Waals surface area contributed by atoms with E-state index in [2.05, 4.69) is 0 Å². The van der Waals surface area contributed by atoms with Crippen LogP contribution in [0.2, 0.25) is 0 Å². The second-order valence-corrected chi connectivity index (χ2v) is 7.84. The van der Waals surface area contributed by atoms with Gasteiger partial charge in [0.1, 0.15) is 0 Å². The maximum absolute atomic E-state index is 12.2. The number of carboxylic acid groups (broad SMARTS) is 1. The van der Waals surface area contributed by atoms with Crippen LogP contribution >= 0.6 is 0 Å². The Balaban J connectivity index is 2.02. The molecule has 0 spiro atoms. The van der Waals surface area contributed by atoms with Gasteiger partial charge in [-0.15, -0.1) is 0 Å². The highest BCUT2D eigenvalue weighted by atomic mass is 32.2. The molecule has 3 rings (SSSR count). The normalized spacial score (nSPS) is 40.1.